The minimum Gasteiger partial charge on any atom is -0.454 e. The molecule has 0 fully saturated rings. The summed E-state index contributed by atoms with van der Waals surface area (Å²) in [6.45, 7) is 0. The van der Waals surface area contributed by atoms with Crippen LogP contribution in [0.4, 0.5) is 34.1 Å². The van der Waals surface area contributed by atoms with Crippen molar-refractivity contribution in [2.75, 3.05) is 9.80 Å². The molecule has 0 aliphatic carbocycles. The standard InChI is InChI=1S/C62H38N2OS2/c1-3-16-39(17-4-1)44-20-9-12-26-54(44)64(42-32-35-58-53(37-42)47-23-11-14-29-57(47)66-58)41-30-33-50-52(36-41)45-21-7-8-24-48(45)60-51-34-31-43(38-59(51)67-62(50)60)63(40-18-5-2-6-19-40)55-27-15-25-49-46-22-10-13-28-56(46)65-61(49)55/h1-38H. The minimum atomic E-state index is 0.876. The fourth-order valence-electron chi connectivity index (χ4n) is 10.4. The highest BCUT2D eigenvalue weighted by Crippen LogP contribution is 2.50. The van der Waals surface area contributed by atoms with Gasteiger partial charge in [-0.2, -0.15) is 0 Å². The number of rotatable bonds is 7. The second-order valence-corrected chi connectivity index (χ2v) is 19.3. The number of nitrogens with zero attached hydrogens (tertiary/aromatic N) is 2. The summed E-state index contributed by atoms with van der Waals surface area (Å²) in [7, 11) is 0. The highest BCUT2D eigenvalue weighted by atomic mass is 32.1. The first-order chi connectivity index (χ1) is 33.2. The number of para-hydroxylation sites is 4. The van der Waals surface area contributed by atoms with Gasteiger partial charge in [-0.05, 0) is 101 Å². The van der Waals surface area contributed by atoms with E-state index in [1.165, 1.54) is 73.0 Å². The zero-order chi connectivity index (χ0) is 44.0. The Balaban J connectivity index is 0.983. The normalized spacial score (nSPS) is 11.9. The number of furan rings is 1. The highest BCUT2D eigenvalue weighted by Gasteiger charge is 2.23. The average molecular weight is 891 g/mol. The van der Waals surface area contributed by atoms with Gasteiger partial charge >= 0.3 is 0 Å². The molecule has 11 aromatic carbocycles. The van der Waals surface area contributed by atoms with E-state index in [0.717, 1.165) is 56.1 Å². The van der Waals surface area contributed by atoms with Crippen molar-refractivity contribution in [1.29, 1.82) is 0 Å². The van der Waals surface area contributed by atoms with Gasteiger partial charge in [-0.3, -0.25) is 0 Å². The van der Waals surface area contributed by atoms with Crippen molar-refractivity contribution in [3.8, 4) is 11.1 Å². The fraction of sp³-hybridized carbons (Fsp3) is 0. The Morgan fingerprint density at radius 2 is 0.910 bits per heavy atom. The highest BCUT2D eigenvalue weighted by molar-refractivity contribution is 7.27. The summed E-state index contributed by atoms with van der Waals surface area (Å²) in [4.78, 5) is 4.81. The largest absolute Gasteiger partial charge is 0.454 e. The van der Waals surface area contributed by atoms with Crippen molar-refractivity contribution in [3.05, 3.63) is 231 Å². The van der Waals surface area contributed by atoms with Crippen LogP contribution in [0.2, 0.25) is 0 Å². The average Bonchev–Trinajstić information content (AvgIpc) is 4.09. The molecule has 14 aromatic rings. The van der Waals surface area contributed by atoms with Crippen LogP contribution in [-0.2, 0) is 0 Å². The first kappa shape index (κ1) is 38.1. The van der Waals surface area contributed by atoms with Crippen molar-refractivity contribution >= 4 is 141 Å². The minimum absolute atomic E-state index is 0.876. The predicted octanol–water partition coefficient (Wildman–Crippen LogP) is 19.2. The molecule has 0 bridgehead atoms. The Bertz CT molecular complexity index is 4240. The lowest BCUT2D eigenvalue weighted by Gasteiger charge is -2.28. The van der Waals surface area contributed by atoms with Crippen molar-refractivity contribution in [1.82, 2.24) is 0 Å². The summed E-state index contributed by atoms with van der Waals surface area (Å²) in [5, 5.41) is 12.3. The van der Waals surface area contributed by atoms with Crippen LogP contribution in [0.25, 0.3) is 95.0 Å². The van der Waals surface area contributed by atoms with E-state index in [2.05, 4.69) is 234 Å². The Labute approximate surface area is 394 Å². The molecule has 0 unspecified atom stereocenters. The van der Waals surface area contributed by atoms with Crippen LogP contribution in [0, 0.1) is 0 Å². The van der Waals surface area contributed by atoms with Gasteiger partial charge in [0.2, 0.25) is 0 Å². The van der Waals surface area contributed by atoms with Gasteiger partial charge in [0.25, 0.3) is 0 Å². The Hall–Kier alpha value is -8.22. The second kappa shape index (κ2) is 15.2. The number of thiophene rings is 2. The third kappa shape index (κ3) is 6.02. The smallest absolute Gasteiger partial charge is 0.159 e. The van der Waals surface area contributed by atoms with Crippen LogP contribution in [-0.4, -0.2) is 0 Å². The second-order valence-electron chi connectivity index (χ2n) is 17.2. The third-order valence-corrected chi connectivity index (χ3v) is 15.7. The summed E-state index contributed by atoms with van der Waals surface area (Å²) in [5.41, 5.74) is 10.7. The molecule has 67 heavy (non-hydrogen) atoms. The molecule has 0 aliphatic heterocycles. The van der Waals surface area contributed by atoms with Gasteiger partial charge < -0.3 is 14.2 Å². The molecule has 0 saturated heterocycles. The predicted molar refractivity (Wildman–Crippen MR) is 289 cm³/mol. The van der Waals surface area contributed by atoms with Gasteiger partial charge in [0.15, 0.2) is 5.58 Å². The molecule has 0 N–H and O–H groups in total. The van der Waals surface area contributed by atoms with Crippen LogP contribution in [0.3, 0.4) is 0 Å². The lowest BCUT2D eigenvalue weighted by atomic mass is 9.96. The number of benzene rings is 11. The molecule has 0 saturated carbocycles. The van der Waals surface area contributed by atoms with Gasteiger partial charge in [0, 0.05) is 84.8 Å². The third-order valence-electron chi connectivity index (χ3n) is 13.4. The maximum Gasteiger partial charge on any atom is 0.159 e. The molecule has 0 atom stereocenters. The van der Waals surface area contributed by atoms with E-state index in [-0.39, 0.29) is 0 Å². The molecule has 0 radical (unpaired) electrons. The number of hydrogen-bond donors (Lipinski definition) is 0. The summed E-state index contributed by atoms with van der Waals surface area (Å²) in [6, 6.07) is 83.8. The van der Waals surface area contributed by atoms with Crippen LogP contribution in [0.1, 0.15) is 0 Å². The molecule has 314 valence electrons. The van der Waals surface area contributed by atoms with E-state index in [1.54, 1.807) is 0 Å². The van der Waals surface area contributed by atoms with Crippen molar-refractivity contribution in [2.24, 2.45) is 0 Å². The fourth-order valence-corrected chi connectivity index (χ4v) is 12.8. The lowest BCUT2D eigenvalue weighted by Crippen LogP contribution is -2.11. The Morgan fingerprint density at radius 1 is 0.313 bits per heavy atom. The van der Waals surface area contributed by atoms with E-state index in [9.17, 15) is 0 Å². The van der Waals surface area contributed by atoms with E-state index < -0.39 is 0 Å². The van der Waals surface area contributed by atoms with Gasteiger partial charge in [0.1, 0.15) is 5.58 Å². The molecule has 3 heterocycles. The van der Waals surface area contributed by atoms with E-state index >= 15 is 0 Å². The Kier molecular flexibility index (Phi) is 8.63. The maximum absolute atomic E-state index is 6.64. The summed E-state index contributed by atoms with van der Waals surface area (Å²) in [5.74, 6) is 0. The molecule has 0 aliphatic rings. The molecular formula is C62H38N2OS2. The van der Waals surface area contributed by atoms with Gasteiger partial charge in [-0.15, -0.1) is 22.7 Å². The van der Waals surface area contributed by atoms with Crippen LogP contribution < -0.4 is 9.80 Å². The SMILES string of the molecule is c1ccc(-c2ccccc2N(c2ccc3sc4ccccc4c3c2)c2ccc3c(c2)c2ccccc2c2c4ccc(N(c5ccccc5)c5cccc6c5oc5ccccc56)cc4sc32)cc1. The van der Waals surface area contributed by atoms with Crippen LogP contribution in [0.5, 0.6) is 0 Å². The first-order valence-electron chi connectivity index (χ1n) is 22.7. The van der Waals surface area contributed by atoms with Crippen molar-refractivity contribution in [2.45, 2.75) is 0 Å². The molecule has 5 heteroatoms. The molecular weight excluding hydrogens is 853 g/mol. The van der Waals surface area contributed by atoms with E-state index in [0.29, 0.717) is 0 Å². The lowest BCUT2D eigenvalue weighted by molar-refractivity contribution is 0.669. The zero-order valence-corrected chi connectivity index (χ0v) is 37.7. The Morgan fingerprint density at radius 3 is 1.76 bits per heavy atom. The number of hydrogen-bond acceptors (Lipinski definition) is 5. The molecule has 0 spiro atoms. The number of anilines is 6. The zero-order valence-electron chi connectivity index (χ0n) is 36.1. The molecule has 14 rings (SSSR count). The van der Waals surface area contributed by atoms with Crippen molar-refractivity contribution < 1.29 is 4.42 Å². The molecule has 0 amide bonds. The molecule has 3 nitrogen and oxygen atoms in total. The van der Waals surface area contributed by atoms with E-state index in [1.807, 2.05) is 28.7 Å². The topological polar surface area (TPSA) is 19.6 Å². The van der Waals surface area contributed by atoms with E-state index in [4.69, 9.17) is 4.42 Å². The summed E-state index contributed by atoms with van der Waals surface area (Å²) < 4.78 is 11.8. The van der Waals surface area contributed by atoms with Gasteiger partial charge in [0.05, 0.1) is 11.4 Å². The van der Waals surface area contributed by atoms with Gasteiger partial charge in [-0.25, -0.2) is 0 Å². The van der Waals surface area contributed by atoms with Crippen LogP contribution in [0.15, 0.2) is 235 Å². The van der Waals surface area contributed by atoms with Crippen molar-refractivity contribution in [3.63, 3.8) is 0 Å². The van der Waals surface area contributed by atoms with Crippen LogP contribution >= 0.6 is 22.7 Å². The molecule has 3 aromatic heterocycles. The quantitative estimate of drug-likeness (QED) is 0.149. The summed E-state index contributed by atoms with van der Waals surface area (Å²) >= 11 is 3.74. The monoisotopic (exact) mass is 890 g/mol. The van der Waals surface area contributed by atoms with Gasteiger partial charge in [-0.1, -0.05) is 152 Å². The maximum atomic E-state index is 6.64. The first-order valence-corrected chi connectivity index (χ1v) is 24.3. The number of fused-ring (bicyclic) bond motifs is 14. The summed E-state index contributed by atoms with van der Waals surface area (Å²) in [6.07, 6.45) is 0.